The van der Waals surface area contributed by atoms with Crippen molar-refractivity contribution in [3.05, 3.63) is 75.6 Å². The number of non-ortho nitro benzene ring substituents is 1. The van der Waals surface area contributed by atoms with Gasteiger partial charge in [-0.05, 0) is 43.9 Å². The van der Waals surface area contributed by atoms with Gasteiger partial charge >= 0.3 is 0 Å². The Kier molecular flexibility index (Phi) is 5.69. The van der Waals surface area contributed by atoms with Gasteiger partial charge < -0.3 is 14.9 Å². The van der Waals surface area contributed by atoms with Crippen molar-refractivity contribution in [2.45, 2.75) is 6.04 Å². The monoisotopic (exact) mass is 396 g/mol. The first kappa shape index (κ1) is 20.2. The number of ketones is 1. The molecule has 1 aromatic heterocycles. The molecule has 2 heterocycles. The van der Waals surface area contributed by atoms with Gasteiger partial charge in [0.25, 0.3) is 17.4 Å². The van der Waals surface area contributed by atoms with Crippen molar-refractivity contribution in [1.29, 1.82) is 0 Å². The molecule has 1 amide bonds. The molecule has 1 atom stereocenters. The third-order valence-electron chi connectivity index (χ3n) is 4.70. The summed E-state index contributed by atoms with van der Waals surface area (Å²) in [7, 11) is 3.68. The van der Waals surface area contributed by atoms with Crippen molar-refractivity contribution in [3.63, 3.8) is 0 Å². The highest BCUT2D eigenvalue weighted by atomic mass is 16.6. The average molecular weight is 396 g/mol. The van der Waals surface area contributed by atoms with Crippen LogP contribution in [-0.2, 0) is 9.59 Å². The predicted octanol–water partition coefficient (Wildman–Crippen LogP) is 1.97. The summed E-state index contributed by atoms with van der Waals surface area (Å²) in [5.74, 6) is -1.81. The molecule has 1 saturated heterocycles. The van der Waals surface area contributed by atoms with Crippen molar-refractivity contribution in [1.82, 2.24) is 14.8 Å². The van der Waals surface area contributed by atoms with E-state index in [1.54, 1.807) is 0 Å². The van der Waals surface area contributed by atoms with Gasteiger partial charge in [-0.25, -0.2) is 0 Å². The first-order chi connectivity index (χ1) is 13.8. The second kappa shape index (κ2) is 8.19. The Bertz CT molecular complexity index is 970. The van der Waals surface area contributed by atoms with E-state index in [1.165, 1.54) is 53.7 Å². The molecule has 1 unspecified atom stereocenters. The van der Waals surface area contributed by atoms with Crippen LogP contribution >= 0.6 is 0 Å². The number of rotatable bonds is 6. The zero-order chi connectivity index (χ0) is 21.1. The number of benzene rings is 1. The van der Waals surface area contributed by atoms with Crippen LogP contribution in [0.4, 0.5) is 5.69 Å². The molecule has 1 aliphatic heterocycles. The summed E-state index contributed by atoms with van der Waals surface area (Å²) in [6.45, 7) is 0.762. The van der Waals surface area contributed by atoms with Gasteiger partial charge in [0.15, 0.2) is 0 Å². The van der Waals surface area contributed by atoms with Gasteiger partial charge in [0, 0.05) is 43.2 Å². The number of carbonyl (C=O) groups is 2. The molecule has 2 aromatic rings. The van der Waals surface area contributed by atoms with E-state index in [2.05, 4.69) is 4.98 Å². The molecule has 0 aliphatic carbocycles. The summed E-state index contributed by atoms with van der Waals surface area (Å²) >= 11 is 0. The minimum absolute atomic E-state index is 0.0474. The number of hydrogen-bond donors (Lipinski definition) is 1. The lowest BCUT2D eigenvalue weighted by atomic mass is 9.95. The summed E-state index contributed by atoms with van der Waals surface area (Å²) < 4.78 is 0. The van der Waals surface area contributed by atoms with Gasteiger partial charge in [-0.3, -0.25) is 24.7 Å². The van der Waals surface area contributed by atoms with E-state index >= 15 is 0 Å². The third kappa shape index (κ3) is 3.99. The lowest BCUT2D eigenvalue weighted by molar-refractivity contribution is -0.384. The van der Waals surface area contributed by atoms with Crippen molar-refractivity contribution < 1.29 is 19.6 Å². The number of likely N-dealkylation sites (N-methyl/N-ethyl adjacent to an activating group) is 1. The SMILES string of the molecule is CN(C)CCN1C(=O)C(=O)/C(=C(/O)c2ccncc2)C1c1ccc([N+](=O)[O-])cc1. The normalized spacial score (nSPS) is 18.4. The Morgan fingerprint density at radius 2 is 1.79 bits per heavy atom. The van der Waals surface area contributed by atoms with Crippen LogP contribution in [0.1, 0.15) is 17.2 Å². The zero-order valence-corrected chi connectivity index (χ0v) is 16.0. The molecule has 1 aliphatic rings. The molecule has 3 rings (SSSR count). The van der Waals surface area contributed by atoms with Crippen molar-refractivity contribution in [2.75, 3.05) is 27.2 Å². The first-order valence-electron chi connectivity index (χ1n) is 8.89. The van der Waals surface area contributed by atoms with Gasteiger partial charge in [-0.1, -0.05) is 0 Å². The van der Waals surface area contributed by atoms with Gasteiger partial charge in [0.1, 0.15) is 5.76 Å². The summed E-state index contributed by atoms with van der Waals surface area (Å²) in [6, 6.07) is 7.85. The summed E-state index contributed by atoms with van der Waals surface area (Å²) in [5, 5.41) is 21.8. The summed E-state index contributed by atoms with van der Waals surface area (Å²) in [5.41, 5.74) is 0.712. The Hall–Kier alpha value is -3.59. The van der Waals surface area contributed by atoms with E-state index in [4.69, 9.17) is 0 Å². The highest BCUT2D eigenvalue weighted by molar-refractivity contribution is 6.46. The van der Waals surface area contributed by atoms with Crippen LogP contribution in [-0.4, -0.2) is 63.7 Å². The van der Waals surface area contributed by atoms with Crippen molar-refractivity contribution >= 4 is 23.1 Å². The lowest BCUT2D eigenvalue weighted by Gasteiger charge is -2.26. The molecule has 1 N–H and O–H groups in total. The topological polar surface area (TPSA) is 117 Å². The molecule has 9 nitrogen and oxygen atoms in total. The minimum atomic E-state index is -0.844. The fourth-order valence-electron chi connectivity index (χ4n) is 3.21. The van der Waals surface area contributed by atoms with Crippen molar-refractivity contribution in [3.8, 4) is 0 Å². The average Bonchev–Trinajstić information content (AvgIpc) is 2.97. The second-order valence-electron chi connectivity index (χ2n) is 6.88. The second-order valence-corrected chi connectivity index (χ2v) is 6.88. The van der Waals surface area contributed by atoms with Gasteiger partial charge in [0.2, 0.25) is 0 Å². The van der Waals surface area contributed by atoms with E-state index in [0.29, 0.717) is 17.7 Å². The number of pyridine rings is 1. The number of aromatic nitrogens is 1. The Morgan fingerprint density at radius 3 is 2.34 bits per heavy atom. The molecule has 0 spiro atoms. The number of aliphatic hydroxyl groups excluding tert-OH is 1. The molecule has 29 heavy (non-hydrogen) atoms. The maximum atomic E-state index is 12.8. The van der Waals surface area contributed by atoms with Crippen LogP contribution in [0.15, 0.2) is 54.4 Å². The number of nitro groups is 1. The summed E-state index contributed by atoms with van der Waals surface area (Å²) in [4.78, 5) is 43.1. The standard InChI is InChI=1S/C20H20N4O5/c1-22(2)11-12-23-17(13-3-5-15(6-4-13)24(28)29)16(19(26)20(23)27)18(25)14-7-9-21-10-8-14/h3-10,17,25H,11-12H2,1-2H3/b18-16+. The van der Waals surface area contributed by atoms with Crippen LogP contribution in [0.25, 0.3) is 5.76 Å². The molecule has 1 fully saturated rings. The zero-order valence-electron chi connectivity index (χ0n) is 16.0. The van der Waals surface area contributed by atoms with Crippen LogP contribution in [0.3, 0.4) is 0 Å². The fraction of sp³-hybridized carbons (Fsp3) is 0.250. The van der Waals surface area contributed by atoms with Crippen LogP contribution in [0, 0.1) is 10.1 Å². The Morgan fingerprint density at radius 1 is 1.17 bits per heavy atom. The van der Waals surface area contributed by atoms with E-state index in [-0.39, 0.29) is 23.6 Å². The minimum Gasteiger partial charge on any atom is -0.507 e. The molecule has 9 heteroatoms. The molecule has 0 saturated carbocycles. The quantitative estimate of drug-likeness (QED) is 0.261. The summed E-state index contributed by atoms with van der Waals surface area (Å²) in [6.07, 6.45) is 2.94. The maximum absolute atomic E-state index is 12.8. The molecule has 0 radical (unpaired) electrons. The number of hydrogen-bond acceptors (Lipinski definition) is 7. The van der Waals surface area contributed by atoms with E-state index < -0.39 is 22.7 Å². The van der Waals surface area contributed by atoms with E-state index in [1.807, 2.05) is 19.0 Å². The number of Topliss-reactive ketones (excluding diaryl/α,β-unsaturated/α-hetero) is 1. The van der Waals surface area contributed by atoms with Crippen LogP contribution in [0.2, 0.25) is 0 Å². The highest BCUT2D eigenvalue weighted by Gasteiger charge is 2.45. The highest BCUT2D eigenvalue weighted by Crippen LogP contribution is 2.39. The Balaban J connectivity index is 2.13. The number of amides is 1. The van der Waals surface area contributed by atoms with E-state index in [9.17, 15) is 24.8 Å². The van der Waals surface area contributed by atoms with Crippen LogP contribution in [0.5, 0.6) is 0 Å². The maximum Gasteiger partial charge on any atom is 0.295 e. The fourth-order valence-corrected chi connectivity index (χ4v) is 3.21. The van der Waals surface area contributed by atoms with E-state index in [0.717, 1.165) is 0 Å². The molecular weight excluding hydrogens is 376 g/mol. The smallest absolute Gasteiger partial charge is 0.295 e. The largest absolute Gasteiger partial charge is 0.507 e. The first-order valence-corrected chi connectivity index (χ1v) is 8.89. The molecular formula is C20H20N4O5. The van der Waals surface area contributed by atoms with Gasteiger partial charge in [0.05, 0.1) is 16.5 Å². The van der Waals surface area contributed by atoms with Crippen molar-refractivity contribution in [2.24, 2.45) is 0 Å². The third-order valence-corrected chi connectivity index (χ3v) is 4.70. The van der Waals surface area contributed by atoms with Gasteiger partial charge in [-0.15, -0.1) is 0 Å². The van der Waals surface area contributed by atoms with Crippen LogP contribution < -0.4 is 0 Å². The van der Waals surface area contributed by atoms with Gasteiger partial charge in [-0.2, -0.15) is 0 Å². The predicted molar refractivity (Wildman–Crippen MR) is 105 cm³/mol. The number of likely N-dealkylation sites (tertiary alicyclic amines) is 1. The number of nitrogens with zero attached hydrogens (tertiary/aromatic N) is 4. The molecule has 150 valence electrons. The number of aliphatic hydroxyl groups is 1. The molecule has 0 bridgehead atoms. The Labute approximate surface area is 167 Å². The number of nitro benzene ring substituents is 1. The number of carbonyl (C=O) groups excluding carboxylic acids is 2. The lowest BCUT2D eigenvalue weighted by Crippen LogP contribution is -2.35. The molecule has 1 aromatic carbocycles.